The summed E-state index contributed by atoms with van der Waals surface area (Å²) in [6.45, 7) is 1.90. The van der Waals surface area contributed by atoms with Crippen LogP contribution in [0.2, 0.25) is 5.02 Å². The van der Waals surface area contributed by atoms with Gasteiger partial charge in [-0.3, -0.25) is 0 Å². The van der Waals surface area contributed by atoms with Crippen molar-refractivity contribution in [3.63, 3.8) is 0 Å². The molecule has 0 bridgehead atoms. The molecule has 0 aliphatic carbocycles. The monoisotopic (exact) mass is 450 g/mol. The number of nitriles is 1. The zero-order valence-electron chi connectivity index (χ0n) is 17.3. The number of benzene rings is 2. The van der Waals surface area contributed by atoms with Crippen LogP contribution in [0.5, 0.6) is 17.2 Å². The average Bonchev–Trinajstić information content (AvgIpc) is 2.77. The van der Waals surface area contributed by atoms with Gasteiger partial charge in [0.05, 0.1) is 18.6 Å². The first-order chi connectivity index (χ1) is 15.4. The number of nitrogens with zero attached hydrogens (tertiary/aromatic N) is 1. The van der Waals surface area contributed by atoms with E-state index in [2.05, 4.69) is 6.07 Å². The van der Waals surface area contributed by atoms with Gasteiger partial charge in [0.1, 0.15) is 29.8 Å². The summed E-state index contributed by atoms with van der Waals surface area (Å²) in [4.78, 5) is 12.7. The Kier molecular flexibility index (Phi) is 5.80. The molecule has 32 heavy (non-hydrogen) atoms. The Morgan fingerprint density at radius 2 is 1.91 bits per heavy atom. The second-order valence-electron chi connectivity index (χ2n) is 7.17. The fourth-order valence-electron chi connectivity index (χ4n) is 3.58. The molecule has 3 aromatic rings. The second kappa shape index (κ2) is 8.69. The van der Waals surface area contributed by atoms with E-state index in [1.807, 2.05) is 12.1 Å². The Labute approximate surface area is 189 Å². The van der Waals surface area contributed by atoms with E-state index in [0.29, 0.717) is 27.8 Å². The molecule has 2 aromatic carbocycles. The van der Waals surface area contributed by atoms with Crippen LogP contribution in [-0.2, 0) is 6.61 Å². The van der Waals surface area contributed by atoms with Gasteiger partial charge in [0.25, 0.3) is 0 Å². The lowest BCUT2D eigenvalue weighted by Crippen LogP contribution is -2.26. The van der Waals surface area contributed by atoms with Crippen molar-refractivity contribution in [3.05, 3.63) is 97.9 Å². The maximum Gasteiger partial charge on any atom is 0.343 e. The molecule has 8 heteroatoms. The number of fused-ring (bicyclic) bond motifs is 1. The van der Waals surface area contributed by atoms with E-state index >= 15 is 0 Å². The Hall–Kier alpha value is -3.89. The molecule has 1 atom stereocenters. The van der Waals surface area contributed by atoms with E-state index in [1.54, 1.807) is 43.3 Å². The third kappa shape index (κ3) is 4.01. The first-order valence-corrected chi connectivity index (χ1v) is 10.1. The maximum atomic E-state index is 12.7. The van der Waals surface area contributed by atoms with Gasteiger partial charge in [0, 0.05) is 11.1 Å². The molecule has 0 spiro atoms. The topological polar surface area (TPSA) is 108 Å². The molecule has 7 nitrogen and oxygen atoms in total. The van der Waals surface area contributed by atoms with Crippen LogP contribution in [0.25, 0.3) is 0 Å². The fraction of sp³-hybridized carbons (Fsp3) is 0.167. The molecule has 2 heterocycles. The summed E-state index contributed by atoms with van der Waals surface area (Å²) < 4.78 is 22.2. The van der Waals surface area contributed by atoms with Crippen LogP contribution >= 0.6 is 11.6 Å². The van der Waals surface area contributed by atoms with Crippen molar-refractivity contribution in [1.29, 1.82) is 5.26 Å². The van der Waals surface area contributed by atoms with Gasteiger partial charge in [-0.15, -0.1) is 0 Å². The molecule has 1 aliphatic rings. The van der Waals surface area contributed by atoms with Crippen LogP contribution in [0, 0.1) is 18.3 Å². The summed E-state index contributed by atoms with van der Waals surface area (Å²) in [6, 6.07) is 16.1. The molecule has 2 N–H and O–H groups in total. The smallest absolute Gasteiger partial charge is 0.343 e. The zero-order valence-corrected chi connectivity index (χ0v) is 18.1. The number of ether oxygens (including phenoxy) is 3. The summed E-state index contributed by atoms with van der Waals surface area (Å²) in [6.07, 6.45) is 0. The van der Waals surface area contributed by atoms with Gasteiger partial charge in [-0.2, -0.15) is 5.26 Å². The predicted octanol–water partition coefficient (Wildman–Crippen LogP) is 4.41. The quantitative estimate of drug-likeness (QED) is 0.613. The molecule has 0 saturated heterocycles. The fourth-order valence-corrected chi connectivity index (χ4v) is 3.70. The van der Waals surface area contributed by atoms with Crippen LogP contribution < -0.4 is 25.6 Å². The van der Waals surface area contributed by atoms with Gasteiger partial charge in [-0.05, 0) is 42.3 Å². The van der Waals surface area contributed by atoms with E-state index in [9.17, 15) is 10.1 Å². The number of hydrogen-bond acceptors (Lipinski definition) is 7. The van der Waals surface area contributed by atoms with Crippen molar-refractivity contribution in [1.82, 2.24) is 0 Å². The number of nitrogens with two attached hydrogens (primary N) is 1. The largest absolute Gasteiger partial charge is 0.493 e. The lowest BCUT2D eigenvalue weighted by atomic mass is 9.84. The molecular weight excluding hydrogens is 432 g/mol. The Morgan fingerprint density at radius 1 is 1.16 bits per heavy atom. The van der Waals surface area contributed by atoms with Crippen molar-refractivity contribution < 1.29 is 18.6 Å². The van der Waals surface area contributed by atoms with E-state index < -0.39 is 11.5 Å². The van der Waals surface area contributed by atoms with Gasteiger partial charge in [0.2, 0.25) is 5.88 Å². The van der Waals surface area contributed by atoms with Crippen LogP contribution in [-0.4, -0.2) is 7.11 Å². The number of aryl methyl sites for hydroxylation is 1. The average molecular weight is 451 g/mol. The Balaban J connectivity index is 1.77. The molecule has 0 amide bonds. The molecule has 0 fully saturated rings. The minimum absolute atomic E-state index is 0.0607. The Bertz CT molecular complexity index is 1310. The van der Waals surface area contributed by atoms with Gasteiger partial charge in [-0.1, -0.05) is 29.8 Å². The summed E-state index contributed by atoms with van der Waals surface area (Å²) >= 11 is 5.94. The van der Waals surface area contributed by atoms with Crippen LogP contribution in [0.4, 0.5) is 0 Å². The number of methoxy groups -OCH3 is 1. The molecule has 0 saturated carbocycles. The molecule has 4 rings (SSSR count). The highest BCUT2D eigenvalue weighted by Crippen LogP contribution is 2.42. The normalized spacial score (nSPS) is 14.9. The summed E-state index contributed by atoms with van der Waals surface area (Å²) in [7, 11) is 1.53. The van der Waals surface area contributed by atoms with Crippen molar-refractivity contribution in [3.8, 4) is 23.3 Å². The summed E-state index contributed by atoms with van der Waals surface area (Å²) in [5.41, 5.74) is 7.25. The SMILES string of the molecule is COc1ccc([C@H]2C(C#N)=C(N)Oc3cc(C)oc(=O)c32)cc1OCc1ccc(Cl)cc1. The van der Waals surface area contributed by atoms with Crippen molar-refractivity contribution in [2.45, 2.75) is 19.4 Å². The standard InChI is InChI=1S/C24H19ClN2O5/c1-13-9-20-22(24(28)31-13)21(17(11-26)23(27)32-20)15-5-8-18(29-2)19(10-15)30-12-14-3-6-16(25)7-4-14/h3-10,21H,12,27H2,1-2H3/t21-/m0/s1. The van der Waals surface area contributed by atoms with E-state index in [1.165, 1.54) is 7.11 Å². The molecule has 162 valence electrons. The number of rotatable bonds is 5. The number of hydrogen-bond donors (Lipinski definition) is 1. The molecular formula is C24H19ClN2O5. The lowest BCUT2D eigenvalue weighted by Gasteiger charge is -2.25. The van der Waals surface area contributed by atoms with E-state index in [4.69, 9.17) is 36.0 Å². The van der Waals surface area contributed by atoms with Gasteiger partial charge in [-0.25, -0.2) is 4.79 Å². The first kappa shape index (κ1) is 21.3. The summed E-state index contributed by atoms with van der Waals surface area (Å²) in [5, 5.41) is 10.4. The Morgan fingerprint density at radius 3 is 2.59 bits per heavy atom. The number of allylic oxidation sites excluding steroid dienone is 1. The zero-order chi connectivity index (χ0) is 22.8. The molecule has 1 aliphatic heterocycles. The highest BCUT2D eigenvalue weighted by atomic mass is 35.5. The molecule has 0 radical (unpaired) electrons. The lowest BCUT2D eigenvalue weighted by molar-refractivity contribution is 0.284. The third-order valence-corrected chi connectivity index (χ3v) is 5.34. The minimum atomic E-state index is -0.774. The van der Waals surface area contributed by atoms with Gasteiger partial charge >= 0.3 is 5.63 Å². The predicted molar refractivity (Wildman–Crippen MR) is 118 cm³/mol. The maximum absolute atomic E-state index is 12.7. The van der Waals surface area contributed by atoms with Crippen LogP contribution in [0.1, 0.15) is 28.4 Å². The van der Waals surface area contributed by atoms with Gasteiger partial charge in [0.15, 0.2) is 11.5 Å². The first-order valence-electron chi connectivity index (χ1n) is 9.68. The van der Waals surface area contributed by atoms with Crippen molar-refractivity contribution in [2.24, 2.45) is 5.73 Å². The van der Waals surface area contributed by atoms with E-state index in [-0.39, 0.29) is 29.4 Å². The minimum Gasteiger partial charge on any atom is -0.493 e. The summed E-state index contributed by atoms with van der Waals surface area (Å²) in [5.74, 6) is 0.753. The number of halogens is 1. The second-order valence-corrected chi connectivity index (χ2v) is 7.61. The van der Waals surface area contributed by atoms with Crippen molar-refractivity contribution in [2.75, 3.05) is 7.11 Å². The van der Waals surface area contributed by atoms with E-state index in [0.717, 1.165) is 5.56 Å². The highest BCUT2D eigenvalue weighted by Gasteiger charge is 2.34. The van der Waals surface area contributed by atoms with Crippen molar-refractivity contribution >= 4 is 11.6 Å². The molecule has 1 aromatic heterocycles. The molecule has 0 unspecified atom stereocenters. The third-order valence-electron chi connectivity index (χ3n) is 5.09. The van der Waals surface area contributed by atoms with Gasteiger partial charge < -0.3 is 24.4 Å². The highest BCUT2D eigenvalue weighted by molar-refractivity contribution is 6.30. The van der Waals surface area contributed by atoms with Crippen LogP contribution in [0.15, 0.2) is 69.2 Å². The van der Waals surface area contributed by atoms with Crippen LogP contribution in [0.3, 0.4) is 0 Å².